The van der Waals surface area contributed by atoms with Gasteiger partial charge in [-0.2, -0.15) is 0 Å². The summed E-state index contributed by atoms with van der Waals surface area (Å²) in [5.41, 5.74) is 1.08. The first-order valence-corrected chi connectivity index (χ1v) is 5.27. The summed E-state index contributed by atoms with van der Waals surface area (Å²) >= 11 is 0. The van der Waals surface area contributed by atoms with Crippen molar-refractivity contribution in [2.45, 2.75) is 25.4 Å². The van der Waals surface area contributed by atoms with Crippen LogP contribution in [0.3, 0.4) is 0 Å². The van der Waals surface area contributed by atoms with Gasteiger partial charge >= 0.3 is 5.97 Å². The van der Waals surface area contributed by atoms with Crippen LogP contribution < -0.4 is 5.32 Å². The Morgan fingerprint density at radius 3 is 2.50 bits per heavy atom. The minimum absolute atomic E-state index is 0.0256. The molecule has 0 spiro atoms. The van der Waals surface area contributed by atoms with Gasteiger partial charge in [0.15, 0.2) is 0 Å². The number of rotatable bonds is 6. The van der Waals surface area contributed by atoms with Crippen LogP contribution in [0.4, 0.5) is 0 Å². The van der Waals surface area contributed by atoms with Crippen LogP contribution in [0.25, 0.3) is 0 Å². The van der Waals surface area contributed by atoms with Crippen molar-refractivity contribution in [1.82, 2.24) is 5.32 Å². The molecule has 88 valence electrons. The molecule has 16 heavy (non-hydrogen) atoms. The zero-order chi connectivity index (χ0) is 12.0. The van der Waals surface area contributed by atoms with Crippen LogP contribution in [0.1, 0.15) is 24.9 Å². The maximum atomic E-state index is 10.5. The number of aliphatic carboxylic acids is 1. The molecule has 0 aliphatic carbocycles. The number of hydrogen-bond acceptors (Lipinski definition) is 3. The maximum absolute atomic E-state index is 10.5. The quantitative estimate of drug-likeness (QED) is 0.677. The summed E-state index contributed by atoms with van der Waals surface area (Å²) in [7, 11) is 0. The predicted octanol–water partition coefficient (Wildman–Crippen LogP) is 1.17. The molecule has 0 radical (unpaired) electrons. The van der Waals surface area contributed by atoms with E-state index in [9.17, 15) is 4.79 Å². The number of nitrogens with one attached hydrogen (secondary N) is 1. The number of carboxylic acid groups (broad SMARTS) is 1. The Hall–Kier alpha value is -1.39. The number of carboxylic acids is 1. The summed E-state index contributed by atoms with van der Waals surface area (Å²) in [6.45, 7) is 1.77. The molecule has 2 atom stereocenters. The van der Waals surface area contributed by atoms with E-state index in [0.29, 0.717) is 0 Å². The van der Waals surface area contributed by atoms with Gasteiger partial charge in [-0.25, -0.2) is 0 Å². The number of aliphatic hydroxyl groups is 1. The van der Waals surface area contributed by atoms with Crippen LogP contribution >= 0.6 is 0 Å². The van der Waals surface area contributed by atoms with Gasteiger partial charge in [0.2, 0.25) is 0 Å². The molecule has 1 unspecified atom stereocenters. The fourth-order valence-corrected chi connectivity index (χ4v) is 1.58. The smallest absolute Gasteiger partial charge is 0.305 e. The molecule has 0 saturated heterocycles. The van der Waals surface area contributed by atoms with Gasteiger partial charge in [-0.1, -0.05) is 30.3 Å². The van der Waals surface area contributed by atoms with Crippen molar-refractivity contribution in [2.75, 3.05) is 6.61 Å². The van der Waals surface area contributed by atoms with E-state index in [1.54, 1.807) is 0 Å². The molecular formula is C12H17NO3. The van der Waals surface area contributed by atoms with Crippen LogP contribution in [0.2, 0.25) is 0 Å². The summed E-state index contributed by atoms with van der Waals surface area (Å²) in [6.07, 6.45) is -0.0757. The van der Waals surface area contributed by atoms with Crippen LogP contribution in [-0.4, -0.2) is 28.8 Å². The molecule has 0 saturated carbocycles. The summed E-state index contributed by atoms with van der Waals surface area (Å²) in [6, 6.07) is 9.33. The van der Waals surface area contributed by atoms with E-state index < -0.39 is 12.0 Å². The highest BCUT2D eigenvalue weighted by Gasteiger charge is 2.15. The minimum atomic E-state index is -0.910. The predicted molar refractivity (Wildman–Crippen MR) is 61.1 cm³/mol. The highest BCUT2D eigenvalue weighted by atomic mass is 16.4. The van der Waals surface area contributed by atoms with Gasteiger partial charge in [-0.05, 0) is 12.5 Å². The van der Waals surface area contributed by atoms with Crippen LogP contribution in [0.15, 0.2) is 30.3 Å². The standard InChI is InChI=1S/C12H17NO3/c1-9(10-5-3-2-4-6-10)13-11(8-14)7-12(15)16/h2-6,9,11,13-14H,7-8H2,1H3,(H,15,16)/t9?,11-/m1/s1. The lowest BCUT2D eigenvalue weighted by atomic mass is 10.1. The number of aliphatic hydroxyl groups excluding tert-OH is 1. The molecule has 1 rings (SSSR count). The van der Waals surface area contributed by atoms with Crippen molar-refractivity contribution < 1.29 is 15.0 Å². The fourth-order valence-electron chi connectivity index (χ4n) is 1.58. The van der Waals surface area contributed by atoms with E-state index in [4.69, 9.17) is 10.2 Å². The van der Waals surface area contributed by atoms with Crippen LogP contribution in [0, 0.1) is 0 Å². The molecule has 1 aromatic rings. The third-order valence-electron chi connectivity index (χ3n) is 2.43. The van der Waals surface area contributed by atoms with E-state index >= 15 is 0 Å². The number of carbonyl (C=O) groups is 1. The van der Waals surface area contributed by atoms with Crippen molar-refractivity contribution in [1.29, 1.82) is 0 Å². The van der Waals surface area contributed by atoms with Crippen LogP contribution in [0.5, 0.6) is 0 Å². The summed E-state index contributed by atoms with van der Waals surface area (Å²) in [5.74, 6) is -0.910. The van der Waals surface area contributed by atoms with Gasteiger partial charge in [-0.15, -0.1) is 0 Å². The molecule has 4 heteroatoms. The van der Waals surface area contributed by atoms with Crippen LogP contribution in [-0.2, 0) is 4.79 Å². The SMILES string of the molecule is CC(N[C@@H](CO)CC(=O)O)c1ccccc1. The molecule has 0 aromatic heterocycles. The van der Waals surface area contributed by atoms with Crippen molar-refractivity contribution in [3.8, 4) is 0 Å². The minimum Gasteiger partial charge on any atom is -0.481 e. The lowest BCUT2D eigenvalue weighted by Gasteiger charge is -2.20. The number of hydrogen-bond donors (Lipinski definition) is 3. The molecule has 0 aliphatic rings. The zero-order valence-corrected chi connectivity index (χ0v) is 9.26. The Morgan fingerprint density at radius 2 is 2.00 bits per heavy atom. The molecule has 0 bridgehead atoms. The third-order valence-corrected chi connectivity index (χ3v) is 2.43. The van der Waals surface area contributed by atoms with Gasteiger partial charge in [-0.3, -0.25) is 4.79 Å². The van der Waals surface area contributed by atoms with Crippen molar-refractivity contribution >= 4 is 5.97 Å². The van der Waals surface area contributed by atoms with Crippen molar-refractivity contribution in [3.63, 3.8) is 0 Å². The first-order valence-electron chi connectivity index (χ1n) is 5.27. The second-order valence-electron chi connectivity index (χ2n) is 3.78. The molecule has 0 heterocycles. The van der Waals surface area contributed by atoms with Gasteiger partial charge in [0.1, 0.15) is 0 Å². The molecule has 0 amide bonds. The van der Waals surface area contributed by atoms with Gasteiger partial charge in [0, 0.05) is 12.1 Å². The monoisotopic (exact) mass is 223 g/mol. The third kappa shape index (κ3) is 4.00. The first kappa shape index (κ1) is 12.7. The lowest BCUT2D eigenvalue weighted by molar-refractivity contribution is -0.137. The largest absolute Gasteiger partial charge is 0.481 e. The average Bonchev–Trinajstić information content (AvgIpc) is 2.28. The molecular weight excluding hydrogens is 206 g/mol. The Morgan fingerprint density at radius 1 is 1.38 bits per heavy atom. The highest BCUT2D eigenvalue weighted by molar-refractivity contribution is 5.67. The molecule has 0 aliphatic heterocycles. The second kappa shape index (κ2) is 6.25. The van der Waals surface area contributed by atoms with Crippen molar-refractivity contribution in [3.05, 3.63) is 35.9 Å². The van der Waals surface area contributed by atoms with E-state index in [1.807, 2.05) is 37.3 Å². The average molecular weight is 223 g/mol. The van der Waals surface area contributed by atoms with Gasteiger partial charge in [0.05, 0.1) is 13.0 Å². The van der Waals surface area contributed by atoms with E-state index in [-0.39, 0.29) is 19.1 Å². The maximum Gasteiger partial charge on any atom is 0.305 e. The highest BCUT2D eigenvalue weighted by Crippen LogP contribution is 2.12. The molecule has 4 nitrogen and oxygen atoms in total. The zero-order valence-electron chi connectivity index (χ0n) is 9.26. The Bertz CT molecular complexity index is 326. The Labute approximate surface area is 94.9 Å². The van der Waals surface area contributed by atoms with E-state index in [0.717, 1.165) is 5.56 Å². The summed E-state index contributed by atoms with van der Waals surface area (Å²) in [4.78, 5) is 10.5. The molecule has 1 aromatic carbocycles. The topological polar surface area (TPSA) is 69.6 Å². The summed E-state index contributed by atoms with van der Waals surface area (Å²) in [5, 5.41) is 20.8. The molecule has 0 fully saturated rings. The van der Waals surface area contributed by atoms with Gasteiger partial charge < -0.3 is 15.5 Å². The Balaban J connectivity index is 2.55. The fraction of sp³-hybridized carbons (Fsp3) is 0.417. The van der Waals surface area contributed by atoms with E-state index in [2.05, 4.69) is 5.32 Å². The lowest BCUT2D eigenvalue weighted by Crippen LogP contribution is -2.36. The van der Waals surface area contributed by atoms with Crippen molar-refractivity contribution in [2.24, 2.45) is 0 Å². The van der Waals surface area contributed by atoms with Gasteiger partial charge in [0.25, 0.3) is 0 Å². The second-order valence-corrected chi connectivity index (χ2v) is 3.78. The Kier molecular flexibility index (Phi) is 4.95. The van der Waals surface area contributed by atoms with E-state index in [1.165, 1.54) is 0 Å². The summed E-state index contributed by atoms with van der Waals surface area (Å²) < 4.78 is 0. The normalized spacial score (nSPS) is 14.4. The first-order chi connectivity index (χ1) is 7.63. The number of benzene rings is 1. The molecule has 3 N–H and O–H groups in total.